The zero-order chi connectivity index (χ0) is 18.5. The topological polar surface area (TPSA) is 82.5 Å². The van der Waals surface area contributed by atoms with Crippen molar-refractivity contribution in [2.24, 2.45) is 5.16 Å². The largest absolute Gasteiger partial charge is 0.391 e. The number of oxime groups is 1. The number of benzene rings is 1. The Labute approximate surface area is 150 Å². The van der Waals surface area contributed by atoms with Crippen LogP contribution >= 0.6 is 0 Å². The number of pyridine rings is 1. The number of nitrogens with zero attached hydrogens (tertiary/aromatic N) is 4. The van der Waals surface area contributed by atoms with Gasteiger partial charge in [-0.15, -0.1) is 0 Å². The van der Waals surface area contributed by atoms with E-state index in [1.165, 1.54) is 12.1 Å². The van der Waals surface area contributed by atoms with Gasteiger partial charge in [-0.1, -0.05) is 17.3 Å². The third-order valence-electron chi connectivity index (χ3n) is 4.01. The maximum atomic E-state index is 10.8. The van der Waals surface area contributed by atoms with Crippen molar-refractivity contribution in [3.8, 4) is 5.69 Å². The zero-order valence-corrected chi connectivity index (χ0v) is 14.5. The van der Waals surface area contributed by atoms with E-state index < -0.39 is 4.92 Å². The van der Waals surface area contributed by atoms with Gasteiger partial charge in [0.15, 0.2) is 0 Å². The van der Waals surface area contributed by atoms with E-state index in [-0.39, 0.29) is 12.3 Å². The summed E-state index contributed by atoms with van der Waals surface area (Å²) in [7, 11) is 0. The summed E-state index contributed by atoms with van der Waals surface area (Å²) in [6.45, 7) is 4.20. The number of nitro benzene ring substituents is 1. The fraction of sp³-hybridized carbons (Fsp3) is 0.158. The summed E-state index contributed by atoms with van der Waals surface area (Å²) >= 11 is 0. The Kier molecular flexibility index (Phi) is 5.07. The number of hydrogen-bond acceptors (Lipinski definition) is 5. The first-order chi connectivity index (χ1) is 12.6. The quantitative estimate of drug-likeness (QED) is 0.383. The van der Waals surface area contributed by atoms with E-state index in [1.807, 2.05) is 32.0 Å². The van der Waals surface area contributed by atoms with E-state index in [4.69, 9.17) is 4.84 Å². The van der Waals surface area contributed by atoms with Crippen LogP contribution in [0.15, 0.2) is 60.0 Å². The molecule has 0 aliphatic rings. The van der Waals surface area contributed by atoms with E-state index in [1.54, 1.807) is 30.7 Å². The predicted octanol–water partition coefficient (Wildman–Crippen LogP) is 3.95. The highest BCUT2D eigenvalue weighted by molar-refractivity contribution is 5.81. The van der Waals surface area contributed by atoms with Gasteiger partial charge in [-0.3, -0.25) is 15.1 Å². The first kappa shape index (κ1) is 17.3. The van der Waals surface area contributed by atoms with Crippen LogP contribution in [0.1, 0.15) is 22.5 Å². The summed E-state index contributed by atoms with van der Waals surface area (Å²) in [5.74, 6) is 0. The lowest BCUT2D eigenvalue weighted by molar-refractivity contribution is -0.384. The van der Waals surface area contributed by atoms with Crippen molar-refractivity contribution in [2.45, 2.75) is 20.5 Å². The molecule has 132 valence electrons. The minimum atomic E-state index is -0.430. The minimum absolute atomic E-state index is 0.0379. The molecule has 2 aromatic heterocycles. The van der Waals surface area contributed by atoms with E-state index in [2.05, 4.69) is 14.7 Å². The second-order valence-electron chi connectivity index (χ2n) is 5.80. The number of aryl methyl sites for hydroxylation is 1. The predicted molar refractivity (Wildman–Crippen MR) is 98.5 cm³/mol. The maximum absolute atomic E-state index is 10.8. The van der Waals surface area contributed by atoms with Gasteiger partial charge in [0.25, 0.3) is 5.69 Å². The molecule has 0 fully saturated rings. The average molecular weight is 350 g/mol. The first-order valence-corrected chi connectivity index (χ1v) is 8.04. The molecule has 0 unspecified atom stereocenters. The molecule has 3 aromatic rings. The minimum Gasteiger partial charge on any atom is -0.391 e. The van der Waals surface area contributed by atoms with Gasteiger partial charge in [-0.25, -0.2) is 0 Å². The lowest BCUT2D eigenvalue weighted by atomic mass is 10.2. The lowest BCUT2D eigenvalue weighted by Gasteiger charge is -2.08. The van der Waals surface area contributed by atoms with Crippen LogP contribution in [0.5, 0.6) is 0 Å². The van der Waals surface area contributed by atoms with Crippen LogP contribution in [0, 0.1) is 24.0 Å². The van der Waals surface area contributed by atoms with E-state index in [0.717, 1.165) is 22.6 Å². The van der Waals surface area contributed by atoms with Gasteiger partial charge in [0.05, 0.1) is 11.1 Å². The van der Waals surface area contributed by atoms with Gasteiger partial charge in [-0.05, 0) is 37.6 Å². The molecule has 7 nitrogen and oxygen atoms in total. The summed E-state index contributed by atoms with van der Waals surface area (Å²) < 4.78 is 2.11. The second-order valence-corrected chi connectivity index (χ2v) is 5.80. The Morgan fingerprint density at radius 2 is 2.00 bits per heavy atom. The van der Waals surface area contributed by atoms with Gasteiger partial charge >= 0.3 is 0 Å². The number of non-ortho nitro benzene ring substituents is 1. The highest BCUT2D eigenvalue weighted by Gasteiger charge is 2.09. The molecule has 0 saturated heterocycles. The molecule has 0 spiro atoms. The summed E-state index contributed by atoms with van der Waals surface area (Å²) in [6.07, 6.45) is 5.16. The van der Waals surface area contributed by atoms with Gasteiger partial charge in [-0.2, -0.15) is 0 Å². The van der Waals surface area contributed by atoms with Crippen molar-refractivity contribution >= 4 is 11.9 Å². The Morgan fingerprint density at radius 1 is 1.23 bits per heavy atom. The van der Waals surface area contributed by atoms with Crippen molar-refractivity contribution in [1.82, 2.24) is 9.55 Å². The highest BCUT2D eigenvalue weighted by Crippen LogP contribution is 2.19. The highest BCUT2D eigenvalue weighted by atomic mass is 16.6. The Balaban J connectivity index is 1.70. The summed E-state index contributed by atoms with van der Waals surface area (Å²) in [5, 5.41) is 14.8. The van der Waals surface area contributed by atoms with E-state index in [9.17, 15) is 10.1 Å². The molecule has 7 heteroatoms. The van der Waals surface area contributed by atoms with E-state index >= 15 is 0 Å². The number of hydrogen-bond donors (Lipinski definition) is 0. The molecule has 2 heterocycles. The van der Waals surface area contributed by atoms with Crippen LogP contribution in [-0.2, 0) is 11.4 Å². The van der Waals surface area contributed by atoms with Crippen LogP contribution < -0.4 is 0 Å². The molecule has 26 heavy (non-hydrogen) atoms. The van der Waals surface area contributed by atoms with Crippen molar-refractivity contribution in [2.75, 3.05) is 0 Å². The third kappa shape index (κ3) is 3.77. The van der Waals surface area contributed by atoms with Gasteiger partial charge in [0, 0.05) is 47.2 Å². The Hall–Kier alpha value is -3.48. The average Bonchev–Trinajstić information content (AvgIpc) is 2.93. The molecule has 0 aliphatic carbocycles. The van der Waals surface area contributed by atoms with Gasteiger partial charge in [0.2, 0.25) is 0 Å². The van der Waals surface area contributed by atoms with Crippen LogP contribution in [0.2, 0.25) is 0 Å². The van der Waals surface area contributed by atoms with Crippen LogP contribution in [0.3, 0.4) is 0 Å². The lowest BCUT2D eigenvalue weighted by Crippen LogP contribution is -1.99. The van der Waals surface area contributed by atoms with Crippen molar-refractivity contribution < 1.29 is 9.76 Å². The summed E-state index contributed by atoms with van der Waals surface area (Å²) in [6, 6.07) is 12.2. The SMILES string of the molecule is Cc1cc(/C=N\OCc2cccc([N+](=O)[O-])c2)c(C)n1-c1ccncc1. The first-order valence-electron chi connectivity index (χ1n) is 8.04. The van der Waals surface area contributed by atoms with Crippen molar-refractivity contribution in [3.63, 3.8) is 0 Å². The van der Waals surface area contributed by atoms with Crippen molar-refractivity contribution in [3.05, 3.63) is 87.5 Å². The molecule has 0 atom stereocenters. The maximum Gasteiger partial charge on any atom is 0.269 e. The molecule has 0 amide bonds. The molecular weight excluding hydrogens is 332 g/mol. The monoisotopic (exact) mass is 350 g/mol. The Morgan fingerprint density at radius 3 is 2.73 bits per heavy atom. The molecular formula is C19H18N4O3. The molecule has 0 aliphatic heterocycles. The smallest absolute Gasteiger partial charge is 0.269 e. The fourth-order valence-electron chi connectivity index (χ4n) is 2.77. The fourth-order valence-corrected chi connectivity index (χ4v) is 2.77. The molecule has 0 radical (unpaired) electrons. The summed E-state index contributed by atoms with van der Waals surface area (Å²) in [4.78, 5) is 19.7. The molecule has 3 rings (SSSR count). The number of nitro groups is 1. The van der Waals surface area contributed by atoms with Gasteiger partial charge in [0.1, 0.15) is 6.61 Å². The molecule has 0 saturated carbocycles. The normalized spacial score (nSPS) is 11.0. The molecule has 0 bridgehead atoms. The van der Waals surface area contributed by atoms with Crippen LogP contribution in [-0.4, -0.2) is 20.7 Å². The van der Waals surface area contributed by atoms with Crippen molar-refractivity contribution in [1.29, 1.82) is 0 Å². The Bertz CT molecular complexity index is 949. The van der Waals surface area contributed by atoms with Crippen LogP contribution in [0.4, 0.5) is 5.69 Å². The zero-order valence-electron chi connectivity index (χ0n) is 14.5. The van der Waals surface area contributed by atoms with Gasteiger partial charge < -0.3 is 9.40 Å². The number of aromatic nitrogens is 2. The number of rotatable bonds is 6. The van der Waals surface area contributed by atoms with E-state index in [0.29, 0.717) is 5.56 Å². The second kappa shape index (κ2) is 7.60. The summed E-state index contributed by atoms with van der Waals surface area (Å²) in [5.41, 5.74) is 4.82. The third-order valence-corrected chi connectivity index (χ3v) is 4.01. The van der Waals surface area contributed by atoms with Crippen LogP contribution in [0.25, 0.3) is 5.69 Å². The standard InChI is InChI=1S/C19H18N4O3/c1-14-10-17(15(2)22(14)18-6-8-20-9-7-18)12-21-26-13-16-4-3-5-19(11-16)23(24)25/h3-12H,13H2,1-2H3/b21-12-. The molecule has 1 aromatic carbocycles. The molecule has 0 N–H and O–H groups in total.